The largest absolute Gasteiger partial charge is 0.453 e. The van der Waals surface area contributed by atoms with Crippen LogP contribution in [0.2, 0.25) is 0 Å². The van der Waals surface area contributed by atoms with E-state index >= 15 is 0 Å². The maximum absolute atomic E-state index is 12.9. The molecule has 3 heterocycles. The molecule has 0 atom stereocenters. The highest BCUT2D eigenvalue weighted by molar-refractivity contribution is 7.88. The van der Waals surface area contributed by atoms with Crippen molar-refractivity contribution in [3.8, 4) is 0 Å². The van der Waals surface area contributed by atoms with Crippen molar-refractivity contribution in [2.45, 2.75) is 25.1 Å². The van der Waals surface area contributed by atoms with Crippen molar-refractivity contribution in [3.63, 3.8) is 0 Å². The fraction of sp³-hybridized carbons (Fsp3) is 0.583. The monoisotopic (exact) mass is 364 g/mol. The summed E-state index contributed by atoms with van der Waals surface area (Å²) in [4.78, 5) is 1.81. The molecule has 2 aromatic rings. The Bertz CT molecular complexity index is 842. The van der Waals surface area contributed by atoms with Crippen LogP contribution < -0.4 is 9.62 Å². The molecule has 0 saturated carbocycles. The molecule has 2 aromatic heterocycles. The van der Waals surface area contributed by atoms with Gasteiger partial charge in [-0.2, -0.15) is 17.7 Å². The molecule has 24 heavy (non-hydrogen) atoms. The van der Waals surface area contributed by atoms with Gasteiger partial charge in [0.05, 0.1) is 6.26 Å². The van der Waals surface area contributed by atoms with Crippen LogP contribution in [0.5, 0.6) is 0 Å². The van der Waals surface area contributed by atoms with Crippen molar-refractivity contribution >= 4 is 21.5 Å². The van der Waals surface area contributed by atoms with Crippen LogP contribution in [-0.4, -0.2) is 53.6 Å². The topological polar surface area (TPSA) is 92.5 Å². The average Bonchev–Trinajstić information content (AvgIpc) is 2.89. The summed E-state index contributed by atoms with van der Waals surface area (Å²) in [6, 6.07) is 2.82. The Balaban J connectivity index is 1.79. The standard InChI is InChI=1S/C12H15F3N6O2S/c1-24(22,23)19-8-4-6-20(7-5-8)10-3-2-9-16-17-11(12(13,14)15)21(9)18-10/h2-3,8,19H,4-7H2,1H3. The Kier molecular flexibility index (Phi) is 4.11. The van der Waals surface area contributed by atoms with E-state index in [0.717, 1.165) is 6.26 Å². The number of aromatic nitrogens is 4. The van der Waals surface area contributed by atoms with E-state index in [9.17, 15) is 21.6 Å². The summed E-state index contributed by atoms with van der Waals surface area (Å²) in [6.07, 6.45) is -2.46. The molecule has 0 aliphatic carbocycles. The molecule has 1 aliphatic rings. The van der Waals surface area contributed by atoms with E-state index < -0.39 is 22.0 Å². The average molecular weight is 364 g/mol. The zero-order valence-electron chi connectivity index (χ0n) is 12.7. The number of rotatable bonds is 3. The van der Waals surface area contributed by atoms with Crippen molar-refractivity contribution in [3.05, 3.63) is 18.0 Å². The van der Waals surface area contributed by atoms with Gasteiger partial charge in [-0.1, -0.05) is 0 Å². The van der Waals surface area contributed by atoms with E-state index in [1.54, 1.807) is 11.0 Å². The maximum atomic E-state index is 12.9. The zero-order valence-corrected chi connectivity index (χ0v) is 13.5. The third kappa shape index (κ3) is 3.59. The van der Waals surface area contributed by atoms with Crippen molar-refractivity contribution in [1.29, 1.82) is 0 Å². The number of piperidine rings is 1. The minimum absolute atomic E-state index is 0.0136. The number of hydrogen-bond acceptors (Lipinski definition) is 6. The highest BCUT2D eigenvalue weighted by Gasteiger charge is 2.37. The highest BCUT2D eigenvalue weighted by atomic mass is 32.2. The second-order valence-corrected chi connectivity index (χ2v) is 7.41. The van der Waals surface area contributed by atoms with E-state index in [4.69, 9.17) is 0 Å². The second-order valence-electron chi connectivity index (χ2n) is 5.63. The molecule has 132 valence electrons. The Morgan fingerprint density at radius 2 is 1.88 bits per heavy atom. The zero-order chi connectivity index (χ0) is 17.5. The molecule has 8 nitrogen and oxygen atoms in total. The number of nitrogens with one attached hydrogen (secondary N) is 1. The molecular weight excluding hydrogens is 349 g/mol. The fourth-order valence-electron chi connectivity index (χ4n) is 2.65. The Morgan fingerprint density at radius 1 is 1.21 bits per heavy atom. The van der Waals surface area contributed by atoms with E-state index in [1.165, 1.54) is 6.07 Å². The van der Waals surface area contributed by atoms with Crippen LogP contribution >= 0.6 is 0 Å². The van der Waals surface area contributed by atoms with E-state index in [-0.39, 0.29) is 11.7 Å². The summed E-state index contributed by atoms with van der Waals surface area (Å²) >= 11 is 0. The fourth-order valence-corrected chi connectivity index (χ4v) is 3.50. The van der Waals surface area contributed by atoms with E-state index in [1.807, 2.05) is 0 Å². The predicted molar refractivity (Wildman–Crippen MR) is 79.0 cm³/mol. The first-order valence-electron chi connectivity index (χ1n) is 7.15. The second kappa shape index (κ2) is 5.84. The number of hydrogen-bond donors (Lipinski definition) is 1. The maximum Gasteiger partial charge on any atom is 0.453 e. The van der Waals surface area contributed by atoms with Crippen LogP contribution in [-0.2, 0) is 16.2 Å². The number of nitrogens with zero attached hydrogens (tertiary/aromatic N) is 5. The van der Waals surface area contributed by atoms with Gasteiger partial charge in [0.15, 0.2) is 5.65 Å². The Labute approximate surface area is 135 Å². The normalized spacial score (nSPS) is 17.6. The summed E-state index contributed by atoms with van der Waals surface area (Å²) in [5.74, 6) is -0.807. The molecule has 0 aromatic carbocycles. The molecule has 0 radical (unpaired) electrons. The van der Waals surface area contributed by atoms with Gasteiger partial charge in [0, 0.05) is 19.1 Å². The van der Waals surface area contributed by atoms with Crippen molar-refractivity contribution in [1.82, 2.24) is 24.5 Å². The summed E-state index contributed by atoms with van der Waals surface area (Å²) in [7, 11) is -3.28. The number of sulfonamides is 1. The van der Waals surface area contributed by atoms with Gasteiger partial charge in [-0.25, -0.2) is 13.1 Å². The minimum Gasteiger partial charge on any atom is -0.355 e. The molecule has 12 heteroatoms. The summed E-state index contributed by atoms with van der Waals surface area (Å²) in [5.41, 5.74) is 0.0136. The van der Waals surface area contributed by atoms with Gasteiger partial charge < -0.3 is 4.90 Å². The first kappa shape index (κ1) is 16.9. The van der Waals surface area contributed by atoms with Gasteiger partial charge in [0.2, 0.25) is 10.0 Å². The first-order chi connectivity index (χ1) is 11.1. The molecule has 0 spiro atoms. The highest BCUT2D eigenvalue weighted by Crippen LogP contribution is 2.28. The number of fused-ring (bicyclic) bond motifs is 1. The Hall–Kier alpha value is -1.95. The minimum atomic E-state index is -4.64. The lowest BCUT2D eigenvalue weighted by Gasteiger charge is -2.32. The van der Waals surface area contributed by atoms with Crippen molar-refractivity contribution < 1.29 is 21.6 Å². The molecule has 1 aliphatic heterocycles. The van der Waals surface area contributed by atoms with Gasteiger partial charge in [0.1, 0.15) is 5.82 Å². The summed E-state index contributed by atoms with van der Waals surface area (Å²) < 4.78 is 64.4. The van der Waals surface area contributed by atoms with Gasteiger partial charge in [0.25, 0.3) is 5.82 Å². The van der Waals surface area contributed by atoms with Crippen LogP contribution in [0.3, 0.4) is 0 Å². The molecule has 0 amide bonds. The first-order valence-corrected chi connectivity index (χ1v) is 9.04. The van der Waals surface area contributed by atoms with Gasteiger partial charge in [-0.3, -0.25) is 0 Å². The predicted octanol–water partition coefficient (Wildman–Crippen LogP) is 0.661. The van der Waals surface area contributed by atoms with Gasteiger partial charge >= 0.3 is 6.18 Å². The van der Waals surface area contributed by atoms with Gasteiger partial charge in [-0.15, -0.1) is 15.3 Å². The summed E-state index contributed by atoms with van der Waals surface area (Å²) in [5, 5.41) is 10.6. The quantitative estimate of drug-likeness (QED) is 0.860. The molecular formula is C12H15F3N6O2S. The number of anilines is 1. The number of alkyl halides is 3. The van der Waals surface area contributed by atoms with E-state index in [2.05, 4.69) is 20.0 Å². The van der Waals surface area contributed by atoms with Crippen molar-refractivity contribution in [2.75, 3.05) is 24.2 Å². The third-order valence-corrected chi connectivity index (χ3v) is 4.46. The SMILES string of the molecule is CS(=O)(=O)NC1CCN(c2ccc3nnc(C(F)(F)F)n3n2)CC1. The molecule has 3 rings (SSSR count). The van der Waals surface area contributed by atoms with Crippen molar-refractivity contribution in [2.24, 2.45) is 0 Å². The molecule has 1 fully saturated rings. The number of halogens is 3. The smallest absolute Gasteiger partial charge is 0.355 e. The molecule has 1 N–H and O–H groups in total. The third-order valence-electron chi connectivity index (χ3n) is 3.70. The summed E-state index contributed by atoms with van der Waals surface area (Å²) in [6.45, 7) is 0.963. The Morgan fingerprint density at radius 3 is 2.46 bits per heavy atom. The van der Waals surface area contributed by atoms with Gasteiger partial charge in [-0.05, 0) is 25.0 Å². The molecule has 0 unspecified atom stereocenters. The lowest BCUT2D eigenvalue weighted by atomic mass is 10.1. The lowest BCUT2D eigenvalue weighted by Crippen LogP contribution is -2.44. The lowest BCUT2D eigenvalue weighted by molar-refractivity contribution is -0.146. The van der Waals surface area contributed by atoms with Crippen LogP contribution in [0.4, 0.5) is 19.0 Å². The van der Waals surface area contributed by atoms with Crippen LogP contribution in [0, 0.1) is 0 Å². The molecule has 1 saturated heterocycles. The van der Waals surface area contributed by atoms with Crippen LogP contribution in [0.15, 0.2) is 12.1 Å². The van der Waals surface area contributed by atoms with E-state index in [0.29, 0.717) is 36.3 Å². The van der Waals surface area contributed by atoms with Crippen LogP contribution in [0.1, 0.15) is 18.7 Å². The van der Waals surface area contributed by atoms with Crippen LogP contribution in [0.25, 0.3) is 5.65 Å². The molecule has 0 bridgehead atoms.